The van der Waals surface area contributed by atoms with Crippen LogP contribution in [-0.2, 0) is 6.54 Å². The summed E-state index contributed by atoms with van der Waals surface area (Å²) in [6, 6.07) is 5.66. The Kier molecular flexibility index (Phi) is 3.19. The molecular formula is C13H13FN4O2. The first-order chi connectivity index (χ1) is 9.63. The number of aromatic nitrogens is 2. The summed E-state index contributed by atoms with van der Waals surface area (Å²) in [5.41, 5.74) is 0.735. The first kappa shape index (κ1) is 12.7. The number of nitrogens with one attached hydrogen (secondary N) is 1. The van der Waals surface area contributed by atoms with Crippen LogP contribution in [0.2, 0.25) is 0 Å². The van der Waals surface area contributed by atoms with Gasteiger partial charge in [-0.2, -0.15) is 5.10 Å². The normalized spacial score (nSPS) is 14.4. The number of nitro benzene ring substituents is 1. The molecule has 7 heteroatoms. The third kappa shape index (κ3) is 2.67. The van der Waals surface area contributed by atoms with Crippen molar-refractivity contribution in [2.24, 2.45) is 0 Å². The predicted molar refractivity (Wildman–Crippen MR) is 70.0 cm³/mol. The largest absolute Gasteiger partial charge is 0.308 e. The molecular weight excluding hydrogens is 263 g/mol. The van der Waals surface area contributed by atoms with E-state index in [0.717, 1.165) is 23.9 Å². The van der Waals surface area contributed by atoms with Gasteiger partial charge in [0, 0.05) is 30.9 Å². The summed E-state index contributed by atoms with van der Waals surface area (Å²) in [6.07, 6.45) is 3.96. The molecule has 1 aromatic carbocycles. The molecule has 0 amide bonds. The summed E-state index contributed by atoms with van der Waals surface area (Å²) in [4.78, 5) is 10.4. The van der Waals surface area contributed by atoms with Gasteiger partial charge in [0.1, 0.15) is 11.5 Å². The molecule has 0 atom stereocenters. The second-order valence-electron chi connectivity index (χ2n) is 4.80. The van der Waals surface area contributed by atoms with Crippen molar-refractivity contribution < 1.29 is 9.31 Å². The van der Waals surface area contributed by atoms with Crippen LogP contribution in [0.4, 0.5) is 10.1 Å². The number of hydrogen-bond acceptors (Lipinski definition) is 4. The van der Waals surface area contributed by atoms with E-state index in [9.17, 15) is 14.5 Å². The highest BCUT2D eigenvalue weighted by atomic mass is 19.1. The minimum atomic E-state index is -0.543. The molecule has 0 radical (unpaired) electrons. The highest BCUT2D eigenvalue weighted by molar-refractivity contribution is 5.51. The number of benzene rings is 1. The molecule has 1 N–H and O–H groups in total. The topological polar surface area (TPSA) is 73.0 Å². The molecule has 0 aliphatic heterocycles. The Morgan fingerprint density at radius 3 is 2.95 bits per heavy atom. The lowest BCUT2D eigenvalue weighted by Gasteiger charge is -2.03. The number of rotatable bonds is 5. The maximum Gasteiger partial charge on any atom is 0.295 e. The Balaban J connectivity index is 1.87. The van der Waals surface area contributed by atoms with Crippen LogP contribution in [0.3, 0.4) is 0 Å². The van der Waals surface area contributed by atoms with Gasteiger partial charge in [-0.1, -0.05) is 0 Å². The highest BCUT2D eigenvalue weighted by Crippen LogP contribution is 2.23. The van der Waals surface area contributed by atoms with Gasteiger partial charge in [0.15, 0.2) is 0 Å². The van der Waals surface area contributed by atoms with Gasteiger partial charge in [-0.05, 0) is 25.0 Å². The lowest BCUT2D eigenvalue weighted by atomic mass is 10.2. The molecule has 3 rings (SSSR count). The fraction of sp³-hybridized carbons (Fsp3) is 0.308. The van der Waals surface area contributed by atoms with Crippen LogP contribution >= 0.6 is 0 Å². The van der Waals surface area contributed by atoms with E-state index >= 15 is 0 Å². The number of hydrogen-bond donors (Lipinski definition) is 1. The zero-order chi connectivity index (χ0) is 14.1. The summed E-state index contributed by atoms with van der Waals surface area (Å²) >= 11 is 0. The summed E-state index contributed by atoms with van der Waals surface area (Å²) in [5.74, 6) is -0.529. The second-order valence-corrected chi connectivity index (χ2v) is 4.80. The zero-order valence-corrected chi connectivity index (χ0v) is 10.6. The van der Waals surface area contributed by atoms with Crippen molar-refractivity contribution in [3.8, 4) is 5.69 Å². The molecule has 0 spiro atoms. The van der Waals surface area contributed by atoms with E-state index in [2.05, 4.69) is 10.4 Å². The molecule has 2 aromatic rings. The highest BCUT2D eigenvalue weighted by Gasteiger charge is 2.21. The van der Waals surface area contributed by atoms with Crippen LogP contribution in [0.5, 0.6) is 0 Å². The van der Waals surface area contributed by atoms with Crippen molar-refractivity contribution in [1.82, 2.24) is 15.1 Å². The number of nitro groups is 1. The van der Waals surface area contributed by atoms with E-state index in [1.165, 1.54) is 17.5 Å². The fourth-order valence-electron chi connectivity index (χ4n) is 1.96. The molecule has 1 aliphatic rings. The van der Waals surface area contributed by atoms with E-state index in [1.807, 2.05) is 0 Å². The van der Waals surface area contributed by atoms with Crippen molar-refractivity contribution in [1.29, 1.82) is 0 Å². The third-order valence-electron chi connectivity index (χ3n) is 3.17. The molecule has 20 heavy (non-hydrogen) atoms. The van der Waals surface area contributed by atoms with Crippen LogP contribution < -0.4 is 5.32 Å². The van der Waals surface area contributed by atoms with E-state index < -0.39 is 10.7 Å². The smallest absolute Gasteiger partial charge is 0.295 e. The fourth-order valence-corrected chi connectivity index (χ4v) is 1.96. The Bertz CT molecular complexity index is 652. The van der Waals surface area contributed by atoms with Crippen LogP contribution in [0.15, 0.2) is 30.5 Å². The first-order valence-corrected chi connectivity index (χ1v) is 6.36. The van der Waals surface area contributed by atoms with Gasteiger partial charge in [0.25, 0.3) is 5.69 Å². The predicted octanol–water partition coefficient (Wildman–Crippen LogP) is 2.17. The van der Waals surface area contributed by atoms with Crippen LogP contribution in [0.1, 0.15) is 18.5 Å². The minimum absolute atomic E-state index is 0.132. The molecule has 0 unspecified atom stereocenters. The van der Waals surface area contributed by atoms with Crippen molar-refractivity contribution in [2.45, 2.75) is 25.4 Å². The van der Waals surface area contributed by atoms with Crippen LogP contribution in [-0.4, -0.2) is 20.7 Å². The third-order valence-corrected chi connectivity index (χ3v) is 3.17. The molecule has 1 fully saturated rings. The zero-order valence-electron chi connectivity index (χ0n) is 10.6. The quantitative estimate of drug-likeness (QED) is 0.671. The summed E-state index contributed by atoms with van der Waals surface area (Å²) in [6.45, 7) is 0.612. The lowest BCUT2D eigenvalue weighted by Crippen LogP contribution is -2.15. The van der Waals surface area contributed by atoms with Crippen LogP contribution in [0.25, 0.3) is 5.69 Å². The van der Waals surface area contributed by atoms with Crippen LogP contribution in [0, 0.1) is 15.9 Å². The van der Waals surface area contributed by atoms with Gasteiger partial charge >= 0.3 is 0 Å². The Morgan fingerprint density at radius 2 is 2.25 bits per heavy atom. The summed E-state index contributed by atoms with van der Waals surface area (Å²) in [7, 11) is 0. The first-order valence-electron chi connectivity index (χ1n) is 6.36. The van der Waals surface area contributed by atoms with Crippen molar-refractivity contribution in [2.75, 3.05) is 0 Å². The van der Waals surface area contributed by atoms with Gasteiger partial charge in [-0.25, -0.2) is 9.07 Å². The van der Waals surface area contributed by atoms with Crippen molar-refractivity contribution in [3.05, 3.63) is 52.1 Å². The molecule has 1 aliphatic carbocycles. The Morgan fingerprint density at radius 1 is 1.45 bits per heavy atom. The standard InChI is InChI=1S/C13H13FN4O2/c14-9-1-4-12(18(19)20)13(7-9)17-6-5-11(16-17)8-15-10-2-3-10/h1,4-7,10,15H,2-3,8H2. The second kappa shape index (κ2) is 5.01. The molecule has 1 heterocycles. The maximum absolute atomic E-state index is 13.3. The monoisotopic (exact) mass is 276 g/mol. The van der Waals surface area contributed by atoms with Gasteiger partial charge in [-0.3, -0.25) is 10.1 Å². The minimum Gasteiger partial charge on any atom is -0.308 e. The summed E-state index contributed by atoms with van der Waals surface area (Å²) in [5, 5.41) is 18.5. The Labute approximate surface area is 114 Å². The van der Waals surface area contributed by atoms with Crippen molar-refractivity contribution in [3.63, 3.8) is 0 Å². The Hall–Kier alpha value is -2.28. The molecule has 1 aromatic heterocycles. The lowest BCUT2D eigenvalue weighted by molar-refractivity contribution is -0.384. The van der Waals surface area contributed by atoms with Gasteiger partial charge in [0.2, 0.25) is 0 Å². The molecule has 1 saturated carbocycles. The average molecular weight is 276 g/mol. The van der Waals surface area contributed by atoms with E-state index in [0.29, 0.717) is 12.6 Å². The van der Waals surface area contributed by atoms with Gasteiger partial charge in [-0.15, -0.1) is 0 Å². The summed E-state index contributed by atoms with van der Waals surface area (Å²) < 4.78 is 14.6. The molecule has 104 valence electrons. The molecule has 0 bridgehead atoms. The van der Waals surface area contributed by atoms with Gasteiger partial charge < -0.3 is 5.32 Å². The SMILES string of the molecule is O=[N+]([O-])c1ccc(F)cc1-n1ccc(CNC2CC2)n1. The van der Waals surface area contributed by atoms with Gasteiger partial charge in [0.05, 0.1) is 10.6 Å². The number of nitrogens with zero attached hydrogens (tertiary/aromatic N) is 3. The van der Waals surface area contributed by atoms with E-state index in [-0.39, 0.29) is 11.4 Å². The average Bonchev–Trinajstić information content (AvgIpc) is 3.13. The van der Waals surface area contributed by atoms with E-state index in [4.69, 9.17) is 0 Å². The maximum atomic E-state index is 13.3. The molecule has 6 nitrogen and oxygen atoms in total. The van der Waals surface area contributed by atoms with E-state index in [1.54, 1.807) is 12.3 Å². The molecule has 0 saturated heterocycles. The number of halogens is 1. The van der Waals surface area contributed by atoms with Crippen molar-refractivity contribution >= 4 is 5.69 Å².